The Kier molecular flexibility index (Phi) is 8.17. The predicted molar refractivity (Wildman–Crippen MR) is 82.0 cm³/mol. The number of hydrogen-bond donors (Lipinski definition) is 2. The summed E-state index contributed by atoms with van der Waals surface area (Å²) in [7, 11) is 0. The van der Waals surface area contributed by atoms with E-state index in [0.29, 0.717) is 31.7 Å². The average Bonchev–Trinajstić information content (AvgIpc) is 2.51. The molecule has 122 valence electrons. The largest absolute Gasteiger partial charge is 0.478 e. The van der Waals surface area contributed by atoms with Crippen molar-refractivity contribution in [2.24, 2.45) is 0 Å². The highest BCUT2D eigenvalue weighted by atomic mass is 16.7. The molecular formula is C16H23NO5. The lowest BCUT2D eigenvalue weighted by atomic mass is 10.1. The van der Waals surface area contributed by atoms with E-state index < -0.39 is 5.97 Å². The highest BCUT2D eigenvalue weighted by Crippen LogP contribution is 2.06. The van der Waals surface area contributed by atoms with Crippen LogP contribution in [0.25, 0.3) is 0 Å². The van der Waals surface area contributed by atoms with Gasteiger partial charge in [-0.15, -0.1) is 0 Å². The molecule has 6 heteroatoms. The van der Waals surface area contributed by atoms with E-state index in [9.17, 15) is 9.59 Å². The van der Waals surface area contributed by atoms with Crippen molar-refractivity contribution in [3.05, 3.63) is 35.4 Å². The second-order valence-electron chi connectivity index (χ2n) is 4.62. The second-order valence-corrected chi connectivity index (χ2v) is 4.62. The number of ether oxygens (including phenoxy) is 2. The molecule has 0 spiro atoms. The number of carbonyl (C=O) groups excluding carboxylic acids is 1. The number of benzene rings is 1. The highest BCUT2D eigenvalue weighted by Gasteiger charge is 2.09. The van der Waals surface area contributed by atoms with E-state index in [2.05, 4.69) is 5.32 Å². The van der Waals surface area contributed by atoms with Crippen LogP contribution in [0.2, 0.25) is 0 Å². The van der Waals surface area contributed by atoms with Gasteiger partial charge in [-0.1, -0.05) is 0 Å². The fourth-order valence-corrected chi connectivity index (χ4v) is 1.92. The van der Waals surface area contributed by atoms with E-state index in [-0.39, 0.29) is 17.8 Å². The number of amides is 1. The van der Waals surface area contributed by atoms with E-state index in [1.54, 1.807) is 0 Å². The molecule has 0 atom stereocenters. The maximum absolute atomic E-state index is 11.9. The van der Waals surface area contributed by atoms with E-state index in [1.165, 1.54) is 24.3 Å². The van der Waals surface area contributed by atoms with Crippen molar-refractivity contribution in [3.63, 3.8) is 0 Å². The topological polar surface area (TPSA) is 84.9 Å². The summed E-state index contributed by atoms with van der Waals surface area (Å²) in [4.78, 5) is 22.6. The van der Waals surface area contributed by atoms with Gasteiger partial charge in [0.25, 0.3) is 5.91 Å². The summed E-state index contributed by atoms with van der Waals surface area (Å²) in [6, 6.07) is 5.83. The minimum atomic E-state index is -1.01. The van der Waals surface area contributed by atoms with Crippen LogP contribution in [-0.2, 0) is 9.47 Å². The zero-order valence-corrected chi connectivity index (χ0v) is 13.0. The fraction of sp³-hybridized carbons (Fsp3) is 0.500. The molecule has 6 nitrogen and oxygen atoms in total. The molecule has 0 fully saturated rings. The van der Waals surface area contributed by atoms with E-state index >= 15 is 0 Å². The van der Waals surface area contributed by atoms with Crippen molar-refractivity contribution in [1.29, 1.82) is 0 Å². The van der Waals surface area contributed by atoms with Crippen molar-refractivity contribution in [3.8, 4) is 0 Å². The molecule has 0 aliphatic heterocycles. The third-order valence-corrected chi connectivity index (χ3v) is 3.00. The second kappa shape index (κ2) is 9.92. The van der Waals surface area contributed by atoms with Gasteiger partial charge in [-0.2, -0.15) is 0 Å². The first-order chi connectivity index (χ1) is 10.6. The molecular weight excluding hydrogens is 286 g/mol. The lowest BCUT2D eigenvalue weighted by Crippen LogP contribution is -2.26. The van der Waals surface area contributed by atoms with Crippen LogP contribution in [0.5, 0.6) is 0 Å². The van der Waals surface area contributed by atoms with Crippen LogP contribution in [0.15, 0.2) is 24.3 Å². The highest BCUT2D eigenvalue weighted by molar-refractivity contribution is 5.95. The number of hydrogen-bond acceptors (Lipinski definition) is 4. The van der Waals surface area contributed by atoms with Gasteiger partial charge in [-0.3, -0.25) is 4.79 Å². The van der Waals surface area contributed by atoms with Gasteiger partial charge in [-0.05, 0) is 44.5 Å². The van der Waals surface area contributed by atoms with Crippen LogP contribution >= 0.6 is 0 Å². The Hall–Kier alpha value is -1.92. The molecule has 0 bridgehead atoms. The number of aromatic carboxylic acids is 1. The average molecular weight is 309 g/mol. The van der Waals surface area contributed by atoms with Gasteiger partial charge in [0, 0.05) is 31.7 Å². The van der Waals surface area contributed by atoms with E-state index in [1.807, 2.05) is 13.8 Å². The van der Waals surface area contributed by atoms with Crippen molar-refractivity contribution in [2.75, 3.05) is 19.8 Å². The van der Waals surface area contributed by atoms with Crippen molar-refractivity contribution in [1.82, 2.24) is 5.32 Å². The summed E-state index contributed by atoms with van der Waals surface area (Å²) >= 11 is 0. The van der Waals surface area contributed by atoms with Crippen molar-refractivity contribution in [2.45, 2.75) is 33.0 Å². The third kappa shape index (κ3) is 6.24. The summed E-state index contributed by atoms with van der Waals surface area (Å²) in [5, 5.41) is 11.6. The normalized spacial score (nSPS) is 10.7. The molecule has 0 saturated heterocycles. The maximum Gasteiger partial charge on any atom is 0.335 e. The lowest BCUT2D eigenvalue weighted by molar-refractivity contribution is -0.139. The molecule has 0 aliphatic rings. The Morgan fingerprint density at radius 3 is 2.14 bits per heavy atom. The number of carboxylic acid groups (broad SMARTS) is 1. The maximum atomic E-state index is 11.9. The molecule has 0 unspecified atom stereocenters. The Balaban J connectivity index is 2.34. The van der Waals surface area contributed by atoms with Gasteiger partial charge >= 0.3 is 5.97 Å². The molecule has 0 heterocycles. The third-order valence-electron chi connectivity index (χ3n) is 3.00. The molecule has 0 aromatic heterocycles. The Morgan fingerprint density at radius 1 is 1.09 bits per heavy atom. The van der Waals surface area contributed by atoms with Crippen LogP contribution < -0.4 is 5.32 Å². The van der Waals surface area contributed by atoms with E-state index in [4.69, 9.17) is 14.6 Å². The first kappa shape index (κ1) is 18.1. The Labute approximate surface area is 130 Å². The van der Waals surface area contributed by atoms with Crippen LogP contribution in [-0.4, -0.2) is 43.0 Å². The summed E-state index contributed by atoms with van der Waals surface area (Å²) in [6.45, 7) is 5.51. The quantitative estimate of drug-likeness (QED) is 0.512. The van der Waals surface area contributed by atoms with Gasteiger partial charge in [0.1, 0.15) is 0 Å². The molecule has 1 amide bonds. The van der Waals surface area contributed by atoms with Crippen LogP contribution in [0.1, 0.15) is 47.4 Å². The minimum absolute atomic E-state index is 0.160. The summed E-state index contributed by atoms with van der Waals surface area (Å²) in [5.74, 6) is -1.23. The van der Waals surface area contributed by atoms with Gasteiger partial charge in [-0.25, -0.2) is 4.79 Å². The summed E-state index contributed by atoms with van der Waals surface area (Å²) in [5.41, 5.74) is 0.601. The fourth-order valence-electron chi connectivity index (χ4n) is 1.92. The van der Waals surface area contributed by atoms with E-state index in [0.717, 1.165) is 6.42 Å². The first-order valence-electron chi connectivity index (χ1n) is 7.43. The molecule has 0 radical (unpaired) electrons. The minimum Gasteiger partial charge on any atom is -0.478 e. The zero-order chi connectivity index (χ0) is 16.4. The van der Waals surface area contributed by atoms with Crippen LogP contribution in [0.4, 0.5) is 0 Å². The molecule has 2 N–H and O–H groups in total. The van der Waals surface area contributed by atoms with Crippen LogP contribution in [0.3, 0.4) is 0 Å². The predicted octanol–water partition coefficient (Wildman–Crippen LogP) is 2.29. The van der Waals surface area contributed by atoms with Crippen LogP contribution in [0, 0.1) is 0 Å². The summed E-state index contributed by atoms with van der Waals surface area (Å²) < 4.78 is 10.8. The Bertz CT molecular complexity index is 466. The number of carbonyl (C=O) groups is 2. The van der Waals surface area contributed by atoms with Gasteiger partial charge < -0.3 is 19.9 Å². The molecule has 1 aromatic rings. The number of nitrogens with one attached hydrogen (secondary N) is 1. The lowest BCUT2D eigenvalue weighted by Gasteiger charge is -2.16. The van der Waals surface area contributed by atoms with Gasteiger partial charge in [0.15, 0.2) is 6.29 Å². The Morgan fingerprint density at radius 2 is 1.64 bits per heavy atom. The standard InChI is InChI=1S/C16H23NO5/c1-3-21-14(22-4-2)6-5-11-17-15(18)12-7-9-13(10-8-12)16(19)20/h7-10,14H,3-6,11H2,1-2H3,(H,17,18)(H,19,20). The molecule has 1 rings (SSSR count). The van der Waals surface area contributed by atoms with Gasteiger partial charge in [0.05, 0.1) is 5.56 Å². The number of rotatable bonds is 10. The van der Waals surface area contributed by atoms with Crippen molar-refractivity contribution >= 4 is 11.9 Å². The molecule has 1 aromatic carbocycles. The molecule has 0 saturated carbocycles. The number of carboxylic acids is 1. The smallest absolute Gasteiger partial charge is 0.335 e. The SMILES string of the molecule is CCOC(CCCNC(=O)c1ccc(C(=O)O)cc1)OCC. The first-order valence-corrected chi connectivity index (χ1v) is 7.43. The molecule has 0 aliphatic carbocycles. The zero-order valence-electron chi connectivity index (χ0n) is 13.0. The molecule has 22 heavy (non-hydrogen) atoms. The van der Waals surface area contributed by atoms with Crippen molar-refractivity contribution < 1.29 is 24.2 Å². The van der Waals surface area contributed by atoms with Gasteiger partial charge in [0.2, 0.25) is 0 Å². The summed E-state index contributed by atoms with van der Waals surface area (Å²) in [6.07, 6.45) is 1.21. The monoisotopic (exact) mass is 309 g/mol.